The monoisotopic (exact) mass is 166 g/mol. The van der Waals surface area contributed by atoms with Gasteiger partial charge in [-0.3, -0.25) is 0 Å². The van der Waals surface area contributed by atoms with Crippen LogP contribution in [0.5, 0.6) is 0 Å². The fourth-order valence-corrected chi connectivity index (χ4v) is 2.08. The Hall–Kier alpha value is -0.790. The fourth-order valence-electron chi connectivity index (χ4n) is 2.08. The Kier molecular flexibility index (Phi) is 1.91. The van der Waals surface area contributed by atoms with Gasteiger partial charge in [-0.1, -0.05) is 12.5 Å². The summed E-state index contributed by atoms with van der Waals surface area (Å²) >= 11 is 0. The molecule has 0 saturated heterocycles. The van der Waals surface area contributed by atoms with E-state index in [4.69, 9.17) is 4.74 Å². The van der Waals surface area contributed by atoms with Gasteiger partial charge in [0, 0.05) is 11.5 Å². The molecule has 2 unspecified atom stereocenters. The van der Waals surface area contributed by atoms with E-state index < -0.39 is 0 Å². The molecule has 1 fully saturated rings. The number of hydrogen-bond donors (Lipinski definition) is 0. The number of carbonyl (C=O) groups is 1. The molecule has 1 aliphatic heterocycles. The molecule has 0 bridgehead atoms. The lowest BCUT2D eigenvalue weighted by Gasteiger charge is -2.32. The second-order valence-electron chi connectivity index (χ2n) is 3.74. The van der Waals surface area contributed by atoms with Gasteiger partial charge in [0.15, 0.2) is 0 Å². The van der Waals surface area contributed by atoms with E-state index in [1.54, 1.807) is 0 Å². The van der Waals surface area contributed by atoms with Gasteiger partial charge in [0.2, 0.25) is 0 Å². The van der Waals surface area contributed by atoms with Crippen molar-refractivity contribution in [1.82, 2.24) is 0 Å². The van der Waals surface area contributed by atoms with E-state index in [0.717, 1.165) is 12.0 Å². The molecule has 66 valence electrons. The maximum absolute atomic E-state index is 11.2. The average Bonchev–Trinajstić information content (AvgIpc) is 2.07. The highest BCUT2D eigenvalue weighted by molar-refractivity contribution is 5.88. The van der Waals surface area contributed by atoms with Crippen LogP contribution < -0.4 is 0 Å². The smallest absolute Gasteiger partial charge is 0.333 e. The first-order valence-corrected chi connectivity index (χ1v) is 4.67. The summed E-state index contributed by atoms with van der Waals surface area (Å²) in [6.45, 7) is 1.84. The summed E-state index contributed by atoms with van der Waals surface area (Å²) < 4.78 is 5.30. The predicted molar refractivity (Wildman–Crippen MR) is 45.6 cm³/mol. The maximum Gasteiger partial charge on any atom is 0.333 e. The van der Waals surface area contributed by atoms with Crippen molar-refractivity contribution < 1.29 is 9.53 Å². The van der Waals surface area contributed by atoms with Gasteiger partial charge in [-0.05, 0) is 26.2 Å². The molecular weight excluding hydrogens is 152 g/mol. The number of carbonyl (C=O) groups excluding carboxylic acids is 1. The van der Waals surface area contributed by atoms with Gasteiger partial charge in [-0.25, -0.2) is 4.79 Å². The molecule has 0 radical (unpaired) electrons. The van der Waals surface area contributed by atoms with Crippen LogP contribution in [0.1, 0.15) is 32.6 Å². The standard InChI is InChI=1S/C10H14O2/c1-7-6-8-4-2-3-5-9(8)12-10(7)11/h6,8-9H,2-5H2,1H3. The Morgan fingerprint density at radius 3 is 3.00 bits per heavy atom. The SMILES string of the molecule is CC1=CC2CCCCC2OC1=O. The van der Waals surface area contributed by atoms with Gasteiger partial charge in [-0.15, -0.1) is 0 Å². The third-order valence-electron chi connectivity index (χ3n) is 2.80. The average molecular weight is 166 g/mol. The minimum atomic E-state index is -0.113. The molecule has 1 aliphatic carbocycles. The Morgan fingerprint density at radius 1 is 1.42 bits per heavy atom. The van der Waals surface area contributed by atoms with E-state index in [-0.39, 0.29) is 12.1 Å². The molecule has 12 heavy (non-hydrogen) atoms. The fraction of sp³-hybridized carbons (Fsp3) is 0.700. The van der Waals surface area contributed by atoms with Crippen LogP contribution in [0.2, 0.25) is 0 Å². The van der Waals surface area contributed by atoms with Crippen LogP contribution in [0.25, 0.3) is 0 Å². The van der Waals surface area contributed by atoms with Crippen LogP contribution in [-0.4, -0.2) is 12.1 Å². The molecule has 0 amide bonds. The molecule has 0 spiro atoms. The molecule has 1 saturated carbocycles. The first kappa shape index (κ1) is 7.84. The van der Waals surface area contributed by atoms with E-state index >= 15 is 0 Å². The lowest BCUT2D eigenvalue weighted by atomic mass is 9.84. The topological polar surface area (TPSA) is 26.3 Å². The Labute approximate surface area is 72.6 Å². The van der Waals surface area contributed by atoms with E-state index in [9.17, 15) is 4.79 Å². The van der Waals surface area contributed by atoms with Crippen molar-refractivity contribution >= 4 is 5.97 Å². The van der Waals surface area contributed by atoms with Crippen molar-refractivity contribution in [1.29, 1.82) is 0 Å². The summed E-state index contributed by atoms with van der Waals surface area (Å²) in [5.41, 5.74) is 0.790. The van der Waals surface area contributed by atoms with Gasteiger partial charge in [0.05, 0.1) is 0 Å². The maximum atomic E-state index is 11.2. The lowest BCUT2D eigenvalue weighted by molar-refractivity contribution is -0.149. The van der Waals surface area contributed by atoms with E-state index in [1.165, 1.54) is 19.3 Å². The van der Waals surface area contributed by atoms with E-state index in [2.05, 4.69) is 6.08 Å². The highest BCUT2D eigenvalue weighted by Crippen LogP contribution is 2.32. The Bertz CT molecular complexity index is 230. The summed E-state index contributed by atoms with van der Waals surface area (Å²) in [6.07, 6.45) is 7.02. The first-order valence-electron chi connectivity index (χ1n) is 4.67. The molecule has 0 aromatic carbocycles. The zero-order chi connectivity index (χ0) is 8.55. The predicted octanol–water partition coefficient (Wildman–Crippen LogP) is 2.05. The van der Waals surface area contributed by atoms with Crippen LogP contribution in [0.3, 0.4) is 0 Å². The van der Waals surface area contributed by atoms with E-state index in [1.807, 2.05) is 6.92 Å². The lowest BCUT2D eigenvalue weighted by Crippen LogP contribution is -2.33. The second kappa shape index (κ2) is 2.92. The molecule has 0 aromatic heterocycles. The minimum Gasteiger partial charge on any atom is -0.458 e. The van der Waals surface area contributed by atoms with Crippen molar-refractivity contribution in [2.24, 2.45) is 5.92 Å². The van der Waals surface area contributed by atoms with Crippen molar-refractivity contribution in [3.8, 4) is 0 Å². The molecule has 2 aliphatic rings. The van der Waals surface area contributed by atoms with Gasteiger partial charge >= 0.3 is 5.97 Å². The quantitative estimate of drug-likeness (QED) is 0.515. The summed E-state index contributed by atoms with van der Waals surface area (Å²) in [5.74, 6) is 0.398. The van der Waals surface area contributed by atoms with Crippen LogP contribution in [0.15, 0.2) is 11.6 Å². The second-order valence-corrected chi connectivity index (χ2v) is 3.74. The van der Waals surface area contributed by atoms with Gasteiger partial charge in [-0.2, -0.15) is 0 Å². The van der Waals surface area contributed by atoms with Gasteiger partial charge < -0.3 is 4.74 Å². The number of fused-ring (bicyclic) bond motifs is 1. The number of hydrogen-bond acceptors (Lipinski definition) is 2. The third kappa shape index (κ3) is 1.26. The van der Waals surface area contributed by atoms with Crippen LogP contribution >= 0.6 is 0 Å². The molecular formula is C10H14O2. The highest BCUT2D eigenvalue weighted by Gasteiger charge is 2.31. The van der Waals surface area contributed by atoms with Gasteiger partial charge in [0.1, 0.15) is 6.10 Å². The van der Waals surface area contributed by atoms with Crippen molar-refractivity contribution in [3.05, 3.63) is 11.6 Å². The summed E-state index contributed by atoms with van der Waals surface area (Å²) in [6, 6.07) is 0. The van der Waals surface area contributed by atoms with Crippen molar-refractivity contribution in [3.63, 3.8) is 0 Å². The molecule has 2 nitrogen and oxygen atoms in total. The normalized spacial score (nSPS) is 35.1. The Morgan fingerprint density at radius 2 is 2.17 bits per heavy atom. The van der Waals surface area contributed by atoms with E-state index in [0.29, 0.717) is 5.92 Å². The number of esters is 1. The van der Waals surface area contributed by atoms with Crippen LogP contribution in [-0.2, 0) is 9.53 Å². The first-order chi connectivity index (χ1) is 5.77. The van der Waals surface area contributed by atoms with Crippen LogP contribution in [0, 0.1) is 5.92 Å². The highest BCUT2D eigenvalue weighted by atomic mass is 16.5. The summed E-state index contributed by atoms with van der Waals surface area (Å²) in [5, 5.41) is 0. The number of ether oxygens (including phenoxy) is 1. The molecule has 0 N–H and O–H groups in total. The van der Waals surface area contributed by atoms with Crippen LogP contribution in [0.4, 0.5) is 0 Å². The van der Waals surface area contributed by atoms with Crippen molar-refractivity contribution in [2.45, 2.75) is 38.7 Å². The van der Waals surface area contributed by atoms with Crippen molar-refractivity contribution in [2.75, 3.05) is 0 Å². The molecule has 2 heteroatoms. The largest absolute Gasteiger partial charge is 0.458 e. The minimum absolute atomic E-state index is 0.113. The molecule has 0 aromatic rings. The third-order valence-corrected chi connectivity index (χ3v) is 2.80. The number of rotatable bonds is 0. The molecule has 1 heterocycles. The summed E-state index contributed by atoms with van der Waals surface area (Å²) in [7, 11) is 0. The zero-order valence-electron chi connectivity index (χ0n) is 7.38. The molecule has 2 atom stereocenters. The summed E-state index contributed by atoms with van der Waals surface area (Å²) in [4.78, 5) is 11.2. The zero-order valence-corrected chi connectivity index (χ0v) is 7.38. The van der Waals surface area contributed by atoms with Gasteiger partial charge in [0.25, 0.3) is 0 Å². The Balaban J connectivity index is 2.17. The molecule has 2 rings (SSSR count).